The summed E-state index contributed by atoms with van der Waals surface area (Å²) in [5.41, 5.74) is 3.54. The monoisotopic (exact) mass is 385 g/mol. The van der Waals surface area contributed by atoms with Crippen LogP contribution in [0, 0.1) is 0 Å². The van der Waals surface area contributed by atoms with Crippen LogP contribution in [-0.2, 0) is 0 Å². The number of amides is 3. The molecule has 4 aromatic rings. The number of hydrogen-bond donors (Lipinski definition) is 3. The number of urea groups is 1. The number of benzene rings is 2. The maximum absolute atomic E-state index is 12.2. The molecule has 0 saturated heterocycles. The van der Waals surface area contributed by atoms with Crippen molar-refractivity contribution < 1.29 is 9.59 Å². The SMILES string of the molecule is CNC(=O)c1cc(-n2ccc3cc(NC(=O)Nc4ccccc4)ccc32)ccn1. The number of hydrogen-bond acceptors (Lipinski definition) is 3. The van der Waals surface area contributed by atoms with E-state index in [1.54, 1.807) is 19.3 Å². The highest BCUT2D eigenvalue weighted by atomic mass is 16.2. The number of carbonyl (C=O) groups is 2. The van der Waals surface area contributed by atoms with Crippen molar-refractivity contribution >= 4 is 34.2 Å². The Balaban J connectivity index is 1.56. The molecular formula is C22H19N5O2. The zero-order chi connectivity index (χ0) is 20.2. The van der Waals surface area contributed by atoms with Gasteiger partial charge in [0.05, 0.1) is 5.52 Å². The second kappa shape index (κ2) is 7.85. The summed E-state index contributed by atoms with van der Waals surface area (Å²) in [6.45, 7) is 0. The molecule has 0 aliphatic rings. The number of para-hydroxylation sites is 1. The number of pyridine rings is 1. The molecule has 144 valence electrons. The molecule has 0 spiro atoms. The van der Waals surface area contributed by atoms with Gasteiger partial charge in [0.1, 0.15) is 5.69 Å². The van der Waals surface area contributed by atoms with Crippen LogP contribution in [0.1, 0.15) is 10.5 Å². The summed E-state index contributed by atoms with van der Waals surface area (Å²) in [6.07, 6.45) is 3.52. The van der Waals surface area contributed by atoms with Crippen molar-refractivity contribution in [3.63, 3.8) is 0 Å². The molecule has 29 heavy (non-hydrogen) atoms. The first kappa shape index (κ1) is 18.2. The third-order valence-electron chi connectivity index (χ3n) is 4.46. The van der Waals surface area contributed by atoms with Crippen molar-refractivity contribution in [3.8, 4) is 5.69 Å². The highest BCUT2D eigenvalue weighted by molar-refractivity contribution is 6.01. The highest BCUT2D eigenvalue weighted by Crippen LogP contribution is 2.24. The number of aromatic nitrogens is 2. The predicted octanol–water partition coefficient (Wildman–Crippen LogP) is 4.03. The normalized spacial score (nSPS) is 10.5. The largest absolute Gasteiger partial charge is 0.354 e. The van der Waals surface area contributed by atoms with Gasteiger partial charge in [0.15, 0.2) is 0 Å². The molecule has 3 N–H and O–H groups in total. The second-order valence-electron chi connectivity index (χ2n) is 6.38. The fraction of sp³-hybridized carbons (Fsp3) is 0.0455. The molecule has 0 fully saturated rings. The zero-order valence-corrected chi connectivity index (χ0v) is 15.7. The molecule has 0 radical (unpaired) electrons. The molecule has 0 unspecified atom stereocenters. The van der Waals surface area contributed by atoms with E-state index in [0.717, 1.165) is 22.3 Å². The topological polar surface area (TPSA) is 88.0 Å². The standard InChI is InChI=1S/C22H19N5O2/c1-23-21(28)19-14-18(9-11-24-19)27-12-10-15-13-17(7-8-20(15)27)26-22(29)25-16-5-3-2-4-6-16/h2-14H,1H3,(H,23,28)(H2,25,26,29). The third-order valence-corrected chi connectivity index (χ3v) is 4.46. The highest BCUT2D eigenvalue weighted by Gasteiger charge is 2.10. The quantitative estimate of drug-likeness (QED) is 0.496. The van der Waals surface area contributed by atoms with Gasteiger partial charge < -0.3 is 20.5 Å². The molecule has 4 rings (SSSR count). The fourth-order valence-electron chi connectivity index (χ4n) is 3.08. The number of rotatable bonds is 4. The maximum Gasteiger partial charge on any atom is 0.323 e. The van der Waals surface area contributed by atoms with Gasteiger partial charge in [-0.2, -0.15) is 0 Å². The van der Waals surface area contributed by atoms with E-state index in [9.17, 15) is 9.59 Å². The second-order valence-corrected chi connectivity index (χ2v) is 6.38. The Kier molecular flexibility index (Phi) is 4.94. The first-order chi connectivity index (χ1) is 14.1. The van der Waals surface area contributed by atoms with Crippen LogP contribution in [0.15, 0.2) is 79.1 Å². The number of nitrogens with one attached hydrogen (secondary N) is 3. The molecule has 0 saturated carbocycles. The minimum Gasteiger partial charge on any atom is -0.354 e. The van der Waals surface area contributed by atoms with Gasteiger partial charge in [-0.25, -0.2) is 4.79 Å². The minimum atomic E-state index is -0.306. The van der Waals surface area contributed by atoms with E-state index in [-0.39, 0.29) is 11.9 Å². The Hall–Kier alpha value is -4.13. The zero-order valence-electron chi connectivity index (χ0n) is 15.7. The molecule has 0 aliphatic carbocycles. The number of carbonyl (C=O) groups excluding carboxylic acids is 2. The smallest absolute Gasteiger partial charge is 0.323 e. The molecule has 0 bridgehead atoms. The van der Waals surface area contributed by atoms with Crippen molar-refractivity contribution in [2.45, 2.75) is 0 Å². The van der Waals surface area contributed by atoms with Crippen molar-refractivity contribution in [1.82, 2.24) is 14.9 Å². The summed E-state index contributed by atoms with van der Waals surface area (Å²) in [6, 6.07) is 20.1. The van der Waals surface area contributed by atoms with Gasteiger partial charge in [-0.15, -0.1) is 0 Å². The lowest BCUT2D eigenvalue weighted by molar-refractivity contribution is 0.0958. The lowest BCUT2D eigenvalue weighted by atomic mass is 10.2. The summed E-state index contributed by atoms with van der Waals surface area (Å²) in [7, 11) is 1.57. The first-order valence-electron chi connectivity index (χ1n) is 9.07. The number of anilines is 2. The van der Waals surface area contributed by atoms with E-state index in [0.29, 0.717) is 11.4 Å². The number of nitrogens with zero attached hydrogens (tertiary/aromatic N) is 2. The average molecular weight is 385 g/mol. The molecule has 0 atom stereocenters. The van der Waals surface area contributed by atoms with E-state index in [4.69, 9.17) is 0 Å². The summed E-state index contributed by atoms with van der Waals surface area (Å²) in [4.78, 5) is 28.2. The Bertz CT molecular complexity index is 1180. The summed E-state index contributed by atoms with van der Waals surface area (Å²) >= 11 is 0. The lowest BCUT2D eigenvalue weighted by Crippen LogP contribution is -2.19. The molecule has 7 nitrogen and oxygen atoms in total. The lowest BCUT2D eigenvalue weighted by Gasteiger charge is -2.09. The van der Waals surface area contributed by atoms with Crippen molar-refractivity contribution in [1.29, 1.82) is 0 Å². The fourth-order valence-corrected chi connectivity index (χ4v) is 3.08. The van der Waals surface area contributed by atoms with Crippen LogP contribution < -0.4 is 16.0 Å². The van der Waals surface area contributed by atoms with Crippen molar-refractivity contribution in [2.75, 3.05) is 17.7 Å². The summed E-state index contributed by atoms with van der Waals surface area (Å²) < 4.78 is 1.97. The average Bonchev–Trinajstić information content (AvgIpc) is 3.17. The molecule has 2 aromatic heterocycles. The van der Waals surface area contributed by atoms with Crippen molar-refractivity contribution in [2.24, 2.45) is 0 Å². The Morgan fingerprint density at radius 1 is 0.897 bits per heavy atom. The van der Waals surface area contributed by atoms with E-state index in [2.05, 4.69) is 20.9 Å². The van der Waals surface area contributed by atoms with Crippen LogP contribution in [0.4, 0.5) is 16.2 Å². The van der Waals surface area contributed by atoms with Crippen LogP contribution in [-0.4, -0.2) is 28.5 Å². The van der Waals surface area contributed by atoms with E-state index >= 15 is 0 Å². The first-order valence-corrected chi connectivity index (χ1v) is 9.07. The number of fused-ring (bicyclic) bond motifs is 1. The molecule has 2 aromatic carbocycles. The minimum absolute atomic E-state index is 0.237. The van der Waals surface area contributed by atoms with Crippen LogP contribution in [0.2, 0.25) is 0 Å². The van der Waals surface area contributed by atoms with E-state index in [1.165, 1.54) is 0 Å². The molecule has 3 amide bonds. The van der Waals surface area contributed by atoms with Gasteiger partial charge in [0.2, 0.25) is 0 Å². The van der Waals surface area contributed by atoms with Crippen LogP contribution in [0.5, 0.6) is 0 Å². The molecule has 0 aliphatic heterocycles. The summed E-state index contributed by atoms with van der Waals surface area (Å²) in [5.74, 6) is -0.237. The molecule has 2 heterocycles. The Morgan fingerprint density at radius 3 is 2.48 bits per heavy atom. The predicted molar refractivity (Wildman–Crippen MR) is 114 cm³/mol. The van der Waals surface area contributed by atoms with E-state index in [1.807, 2.05) is 71.4 Å². The van der Waals surface area contributed by atoms with Gasteiger partial charge in [-0.3, -0.25) is 9.78 Å². The third kappa shape index (κ3) is 3.93. The van der Waals surface area contributed by atoms with Gasteiger partial charge in [0, 0.05) is 41.9 Å². The molecule has 7 heteroatoms. The van der Waals surface area contributed by atoms with Crippen LogP contribution >= 0.6 is 0 Å². The van der Waals surface area contributed by atoms with Crippen LogP contribution in [0.3, 0.4) is 0 Å². The van der Waals surface area contributed by atoms with Gasteiger partial charge in [-0.1, -0.05) is 18.2 Å². The maximum atomic E-state index is 12.2. The van der Waals surface area contributed by atoms with Gasteiger partial charge >= 0.3 is 6.03 Å². The molecular weight excluding hydrogens is 366 g/mol. The van der Waals surface area contributed by atoms with Crippen LogP contribution in [0.25, 0.3) is 16.6 Å². The van der Waals surface area contributed by atoms with Gasteiger partial charge in [0.25, 0.3) is 5.91 Å². The van der Waals surface area contributed by atoms with Crippen molar-refractivity contribution in [3.05, 3.63) is 84.8 Å². The summed E-state index contributed by atoms with van der Waals surface area (Å²) in [5, 5.41) is 9.17. The Labute approximate surface area is 167 Å². The Morgan fingerprint density at radius 2 is 1.69 bits per heavy atom. The van der Waals surface area contributed by atoms with E-state index < -0.39 is 0 Å². The van der Waals surface area contributed by atoms with Gasteiger partial charge in [-0.05, 0) is 48.5 Å².